The molecule has 0 atom stereocenters. The lowest BCUT2D eigenvalue weighted by molar-refractivity contribution is 0.512. The van der Waals surface area contributed by atoms with Gasteiger partial charge >= 0.3 is 0 Å². The first-order valence-electron chi connectivity index (χ1n) is 7.55. The van der Waals surface area contributed by atoms with Crippen molar-refractivity contribution in [3.05, 3.63) is 33.8 Å². The van der Waals surface area contributed by atoms with E-state index >= 15 is 0 Å². The molecule has 0 aliphatic carbocycles. The van der Waals surface area contributed by atoms with Gasteiger partial charge in [0.05, 0.1) is 0 Å². The molecule has 1 N–H and O–H groups in total. The van der Waals surface area contributed by atoms with Crippen LogP contribution in [-0.4, -0.2) is 6.54 Å². The van der Waals surface area contributed by atoms with Crippen LogP contribution >= 0.6 is 15.9 Å². The normalized spacial score (nSPS) is 11.2. The highest BCUT2D eigenvalue weighted by Crippen LogP contribution is 2.17. The molecule has 0 spiro atoms. The molecule has 1 aromatic rings. The molecule has 0 unspecified atom stereocenters. The van der Waals surface area contributed by atoms with Crippen molar-refractivity contribution < 1.29 is 0 Å². The third-order valence-corrected chi connectivity index (χ3v) is 4.33. The lowest BCUT2D eigenvalue weighted by Gasteiger charge is -2.07. The highest BCUT2D eigenvalue weighted by Gasteiger charge is 1.98. The van der Waals surface area contributed by atoms with E-state index in [4.69, 9.17) is 0 Å². The van der Waals surface area contributed by atoms with E-state index < -0.39 is 0 Å². The second-order valence-electron chi connectivity index (χ2n) is 5.86. The minimum absolute atomic E-state index is 0.860. The maximum absolute atomic E-state index is 3.54. The Kier molecular flexibility index (Phi) is 8.40. The summed E-state index contributed by atoms with van der Waals surface area (Å²) in [5, 5.41) is 3.53. The standard InChI is InChI=1S/C17H28BrN/c1-14(2)8-6-4-5-7-11-19-13-16-9-10-17(18)15(3)12-16/h9-10,12,14,19H,4-8,11,13H2,1-3H3. The number of nitrogens with one attached hydrogen (secondary N) is 1. The van der Waals surface area contributed by atoms with Crippen LogP contribution in [0.15, 0.2) is 22.7 Å². The number of hydrogen-bond donors (Lipinski definition) is 1. The molecule has 0 aliphatic rings. The average molecular weight is 326 g/mol. The van der Waals surface area contributed by atoms with Gasteiger partial charge in [0.2, 0.25) is 0 Å². The summed E-state index contributed by atoms with van der Waals surface area (Å²) in [5.74, 6) is 0.860. The fourth-order valence-electron chi connectivity index (χ4n) is 2.21. The Morgan fingerprint density at radius 1 is 1.11 bits per heavy atom. The highest BCUT2D eigenvalue weighted by molar-refractivity contribution is 9.10. The summed E-state index contributed by atoms with van der Waals surface area (Å²) < 4.78 is 1.20. The minimum atomic E-state index is 0.860. The van der Waals surface area contributed by atoms with Crippen molar-refractivity contribution in [2.45, 2.75) is 59.4 Å². The number of benzene rings is 1. The quantitative estimate of drug-likeness (QED) is 0.595. The largest absolute Gasteiger partial charge is 0.313 e. The summed E-state index contributed by atoms with van der Waals surface area (Å²) in [6, 6.07) is 6.57. The van der Waals surface area contributed by atoms with Crippen molar-refractivity contribution >= 4 is 15.9 Å². The molecule has 0 amide bonds. The zero-order valence-corrected chi connectivity index (χ0v) is 14.2. The van der Waals surface area contributed by atoms with Crippen molar-refractivity contribution in [2.75, 3.05) is 6.54 Å². The Morgan fingerprint density at radius 2 is 1.84 bits per heavy atom. The fraction of sp³-hybridized carbons (Fsp3) is 0.647. The molecule has 1 aromatic carbocycles. The zero-order valence-electron chi connectivity index (χ0n) is 12.6. The second kappa shape index (κ2) is 9.55. The van der Waals surface area contributed by atoms with E-state index in [1.807, 2.05) is 0 Å². The molecule has 19 heavy (non-hydrogen) atoms. The fourth-order valence-corrected chi connectivity index (χ4v) is 2.45. The van der Waals surface area contributed by atoms with Crippen LogP contribution in [0.1, 0.15) is 57.1 Å². The molecule has 0 radical (unpaired) electrons. The van der Waals surface area contributed by atoms with Crippen LogP contribution in [-0.2, 0) is 6.54 Å². The Morgan fingerprint density at radius 3 is 2.53 bits per heavy atom. The summed E-state index contributed by atoms with van der Waals surface area (Å²) in [5.41, 5.74) is 2.69. The second-order valence-corrected chi connectivity index (χ2v) is 6.71. The molecule has 0 bridgehead atoms. The highest BCUT2D eigenvalue weighted by atomic mass is 79.9. The molecule has 1 rings (SSSR count). The monoisotopic (exact) mass is 325 g/mol. The molecule has 0 aromatic heterocycles. The maximum atomic E-state index is 3.54. The summed E-state index contributed by atoms with van der Waals surface area (Å²) >= 11 is 3.54. The maximum Gasteiger partial charge on any atom is 0.0205 e. The average Bonchev–Trinajstić information content (AvgIpc) is 2.36. The van der Waals surface area contributed by atoms with Crippen molar-refractivity contribution in [3.8, 4) is 0 Å². The first-order valence-corrected chi connectivity index (χ1v) is 8.34. The Bertz CT molecular complexity index is 360. The van der Waals surface area contributed by atoms with Gasteiger partial charge in [0.1, 0.15) is 0 Å². The molecule has 1 nitrogen and oxygen atoms in total. The molecule has 108 valence electrons. The van der Waals surface area contributed by atoms with Crippen LogP contribution in [0.25, 0.3) is 0 Å². The van der Waals surface area contributed by atoms with Crippen LogP contribution in [0.3, 0.4) is 0 Å². The molecule has 0 fully saturated rings. The SMILES string of the molecule is Cc1cc(CNCCCCCCC(C)C)ccc1Br. The number of halogens is 1. The third-order valence-electron chi connectivity index (χ3n) is 3.44. The van der Waals surface area contributed by atoms with Gasteiger partial charge in [-0.2, -0.15) is 0 Å². The lowest BCUT2D eigenvalue weighted by Crippen LogP contribution is -2.14. The molecular weight excluding hydrogens is 298 g/mol. The van der Waals surface area contributed by atoms with Gasteiger partial charge in [-0.3, -0.25) is 0 Å². The van der Waals surface area contributed by atoms with Crippen LogP contribution in [0.4, 0.5) is 0 Å². The van der Waals surface area contributed by atoms with Crippen molar-refractivity contribution in [3.63, 3.8) is 0 Å². The van der Waals surface area contributed by atoms with Gasteiger partial charge in [0.25, 0.3) is 0 Å². The minimum Gasteiger partial charge on any atom is -0.313 e. The summed E-state index contributed by atoms with van der Waals surface area (Å²) in [6.07, 6.45) is 6.82. The molecule has 2 heteroatoms. The van der Waals surface area contributed by atoms with Crippen LogP contribution in [0.5, 0.6) is 0 Å². The number of unbranched alkanes of at least 4 members (excludes halogenated alkanes) is 3. The van der Waals surface area contributed by atoms with Crippen LogP contribution in [0, 0.1) is 12.8 Å². The molecular formula is C17H28BrN. The first-order chi connectivity index (χ1) is 9.09. The molecule has 0 saturated carbocycles. The van der Waals surface area contributed by atoms with E-state index in [9.17, 15) is 0 Å². The Labute approximate surface area is 127 Å². The molecule has 0 heterocycles. The zero-order chi connectivity index (χ0) is 14.1. The predicted octanol–water partition coefficient (Wildman–Crippen LogP) is 5.45. The van der Waals surface area contributed by atoms with Crippen molar-refractivity contribution in [1.29, 1.82) is 0 Å². The van der Waals surface area contributed by atoms with Crippen LogP contribution in [0.2, 0.25) is 0 Å². The van der Waals surface area contributed by atoms with E-state index in [0.29, 0.717) is 0 Å². The summed E-state index contributed by atoms with van der Waals surface area (Å²) in [4.78, 5) is 0. The van der Waals surface area contributed by atoms with E-state index in [1.54, 1.807) is 0 Å². The van der Waals surface area contributed by atoms with Crippen molar-refractivity contribution in [2.24, 2.45) is 5.92 Å². The van der Waals surface area contributed by atoms with E-state index in [1.165, 1.54) is 47.7 Å². The van der Waals surface area contributed by atoms with E-state index in [-0.39, 0.29) is 0 Å². The number of rotatable bonds is 9. The van der Waals surface area contributed by atoms with Gasteiger partial charge in [0.15, 0.2) is 0 Å². The topological polar surface area (TPSA) is 12.0 Å². The predicted molar refractivity (Wildman–Crippen MR) is 88.5 cm³/mol. The molecule has 0 aliphatic heterocycles. The number of aryl methyl sites for hydroxylation is 1. The third kappa shape index (κ3) is 7.74. The van der Waals surface area contributed by atoms with Gasteiger partial charge in [-0.05, 0) is 43.0 Å². The molecule has 0 saturated heterocycles. The summed E-state index contributed by atoms with van der Waals surface area (Å²) in [6.45, 7) is 8.88. The van der Waals surface area contributed by atoms with Crippen molar-refractivity contribution in [1.82, 2.24) is 5.32 Å². The van der Waals surface area contributed by atoms with Gasteiger partial charge in [0, 0.05) is 11.0 Å². The summed E-state index contributed by atoms with van der Waals surface area (Å²) in [7, 11) is 0. The van der Waals surface area contributed by atoms with Crippen LogP contribution < -0.4 is 5.32 Å². The Balaban J connectivity index is 2.03. The first kappa shape index (κ1) is 16.7. The smallest absolute Gasteiger partial charge is 0.0205 e. The Hall–Kier alpha value is -0.340. The van der Waals surface area contributed by atoms with Gasteiger partial charge < -0.3 is 5.32 Å². The van der Waals surface area contributed by atoms with Gasteiger partial charge in [-0.25, -0.2) is 0 Å². The van der Waals surface area contributed by atoms with Gasteiger partial charge in [-0.15, -0.1) is 0 Å². The van der Waals surface area contributed by atoms with E-state index in [0.717, 1.165) is 19.0 Å². The van der Waals surface area contributed by atoms with E-state index in [2.05, 4.69) is 60.2 Å². The van der Waals surface area contributed by atoms with Gasteiger partial charge in [-0.1, -0.05) is 67.6 Å². The number of hydrogen-bond acceptors (Lipinski definition) is 1. The lowest BCUT2D eigenvalue weighted by atomic mass is 10.0.